The van der Waals surface area contributed by atoms with Crippen LogP contribution in [0.3, 0.4) is 0 Å². The van der Waals surface area contributed by atoms with Crippen LogP contribution >= 0.6 is 11.8 Å². The number of para-hydroxylation sites is 1. The molecule has 8 heteroatoms. The average molecular weight is 495 g/mol. The van der Waals surface area contributed by atoms with Crippen molar-refractivity contribution in [2.75, 3.05) is 11.1 Å². The zero-order chi connectivity index (χ0) is 24.9. The topological polar surface area (TPSA) is 90.0 Å². The maximum absolute atomic E-state index is 12.9. The van der Waals surface area contributed by atoms with Crippen LogP contribution < -0.4 is 5.32 Å². The summed E-state index contributed by atoms with van der Waals surface area (Å²) in [4.78, 5) is 25.3. The second-order valence-corrected chi connectivity index (χ2v) is 8.92. The van der Waals surface area contributed by atoms with Crippen LogP contribution in [-0.4, -0.2) is 32.2 Å². The molecular formula is C28H22N4O3S. The first-order chi connectivity index (χ1) is 17.6. The van der Waals surface area contributed by atoms with Crippen molar-refractivity contribution in [1.29, 1.82) is 0 Å². The largest absolute Gasteiger partial charge is 0.469 e. The maximum atomic E-state index is 12.9. The summed E-state index contributed by atoms with van der Waals surface area (Å²) >= 11 is 1.32. The Bertz CT molecular complexity index is 1490. The molecule has 0 unspecified atom stereocenters. The number of benzene rings is 3. The Morgan fingerprint density at radius 1 is 0.861 bits per heavy atom. The van der Waals surface area contributed by atoms with E-state index in [2.05, 4.69) is 15.5 Å². The number of hydrogen-bond acceptors (Lipinski definition) is 6. The zero-order valence-electron chi connectivity index (χ0n) is 19.4. The predicted molar refractivity (Wildman–Crippen MR) is 140 cm³/mol. The number of rotatable bonds is 8. The lowest BCUT2D eigenvalue weighted by atomic mass is 10.1. The number of hydrogen-bond donors (Lipinski definition) is 1. The summed E-state index contributed by atoms with van der Waals surface area (Å²) < 4.78 is 7.39. The monoisotopic (exact) mass is 494 g/mol. The molecule has 0 aliphatic heterocycles. The van der Waals surface area contributed by atoms with Crippen molar-refractivity contribution >= 4 is 29.1 Å². The Labute approximate surface area is 212 Å². The van der Waals surface area contributed by atoms with E-state index in [1.807, 2.05) is 66.1 Å². The van der Waals surface area contributed by atoms with Crippen LogP contribution in [0, 0.1) is 6.92 Å². The van der Waals surface area contributed by atoms with Crippen LogP contribution in [0.5, 0.6) is 0 Å². The Kier molecular flexibility index (Phi) is 6.77. The predicted octanol–water partition coefficient (Wildman–Crippen LogP) is 6.06. The third-order valence-corrected chi connectivity index (χ3v) is 6.51. The van der Waals surface area contributed by atoms with Gasteiger partial charge in [-0.25, -0.2) is 0 Å². The van der Waals surface area contributed by atoms with Gasteiger partial charge in [-0.3, -0.25) is 14.2 Å². The van der Waals surface area contributed by atoms with Gasteiger partial charge in [0.2, 0.25) is 0 Å². The van der Waals surface area contributed by atoms with Crippen molar-refractivity contribution in [3.8, 4) is 17.1 Å². The molecule has 178 valence electrons. The minimum atomic E-state index is -0.200. The number of nitrogens with zero attached hydrogens (tertiary/aromatic N) is 3. The Balaban J connectivity index is 1.30. The molecule has 0 saturated heterocycles. The fourth-order valence-corrected chi connectivity index (χ4v) is 4.56. The minimum Gasteiger partial charge on any atom is -0.469 e. The highest BCUT2D eigenvalue weighted by molar-refractivity contribution is 7.99. The number of Topliss-reactive ketones (excluding diaryl/α,β-unsaturated/α-hetero) is 1. The standard InChI is InChI=1S/C28H22N4O3S/c1-19-24(16-17-35-19)26-30-31-28(32(26)23-10-6-3-7-11-23)36-18-25(33)20-12-14-22(15-13-20)29-27(34)21-8-4-2-5-9-21/h2-17H,18H2,1H3,(H,29,34). The average Bonchev–Trinajstić information content (AvgIpc) is 3.54. The van der Waals surface area contributed by atoms with Crippen molar-refractivity contribution in [1.82, 2.24) is 14.8 Å². The van der Waals surface area contributed by atoms with Gasteiger partial charge in [-0.15, -0.1) is 10.2 Å². The first-order valence-electron chi connectivity index (χ1n) is 11.3. The number of amides is 1. The van der Waals surface area contributed by atoms with Crippen LogP contribution in [0.1, 0.15) is 26.5 Å². The van der Waals surface area contributed by atoms with Crippen molar-refractivity contribution in [3.05, 3.63) is 114 Å². The fraction of sp³-hybridized carbons (Fsp3) is 0.0714. The van der Waals surface area contributed by atoms with E-state index in [-0.39, 0.29) is 17.4 Å². The van der Waals surface area contributed by atoms with Crippen LogP contribution in [0.15, 0.2) is 107 Å². The van der Waals surface area contributed by atoms with Crippen molar-refractivity contribution in [2.24, 2.45) is 0 Å². The molecule has 0 bridgehead atoms. The number of aryl methyl sites for hydroxylation is 1. The molecule has 0 fully saturated rings. The summed E-state index contributed by atoms with van der Waals surface area (Å²) in [5, 5.41) is 12.2. The molecule has 36 heavy (non-hydrogen) atoms. The summed E-state index contributed by atoms with van der Waals surface area (Å²) in [7, 11) is 0. The number of aromatic nitrogens is 3. The van der Waals surface area contributed by atoms with Gasteiger partial charge < -0.3 is 9.73 Å². The highest BCUT2D eigenvalue weighted by Crippen LogP contribution is 2.30. The number of thioether (sulfide) groups is 1. The first kappa shape index (κ1) is 23.3. The molecule has 0 radical (unpaired) electrons. The van der Waals surface area contributed by atoms with Gasteiger partial charge in [0, 0.05) is 22.5 Å². The number of anilines is 1. The van der Waals surface area contributed by atoms with E-state index in [4.69, 9.17) is 4.42 Å². The highest BCUT2D eigenvalue weighted by atomic mass is 32.2. The molecule has 2 aromatic heterocycles. The van der Waals surface area contributed by atoms with Gasteiger partial charge >= 0.3 is 0 Å². The lowest BCUT2D eigenvalue weighted by molar-refractivity contribution is 0.101. The first-order valence-corrected chi connectivity index (χ1v) is 12.3. The van der Waals surface area contributed by atoms with Crippen LogP contribution in [-0.2, 0) is 0 Å². The van der Waals surface area contributed by atoms with E-state index >= 15 is 0 Å². The molecule has 0 spiro atoms. The Hall–Kier alpha value is -4.43. The summed E-state index contributed by atoms with van der Waals surface area (Å²) in [6.07, 6.45) is 1.62. The van der Waals surface area contributed by atoms with Gasteiger partial charge in [0.15, 0.2) is 16.8 Å². The molecule has 5 rings (SSSR count). The molecule has 1 N–H and O–H groups in total. The van der Waals surface area contributed by atoms with Crippen molar-refractivity contribution < 1.29 is 14.0 Å². The number of nitrogens with one attached hydrogen (secondary N) is 1. The summed E-state index contributed by atoms with van der Waals surface area (Å²) in [6, 6.07) is 27.5. The van der Waals surface area contributed by atoms with Gasteiger partial charge in [-0.05, 0) is 61.5 Å². The number of carbonyl (C=O) groups excluding carboxylic acids is 2. The van der Waals surface area contributed by atoms with Crippen LogP contribution in [0.4, 0.5) is 5.69 Å². The Morgan fingerprint density at radius 2 is 1.56 bits per heavy atom. The van der Waals surface area contributed by atoms with Gasteiger partial charge in [-0.1, -0.05) is 48.2 Å². The number of ketones is 1. The summed E-state index contributed by atoms with van der Waals surface area (Å²) in [5.74, 6) is 1.33. The number of furan rings is 1. The molecule has 0 atom stereocenters. The number of carbonyl (C=O) groups is 2. The molecule has 5 aromatic rings. The molecule has 1 amide bonds. The molecule has 0 aliphatic carbocycles. The quantitative estimate of drug-likeness (QED) is 0.208. The maximum Gasteiger partial charge on any atom is 0.255 e. The third kappa shape index (κ3) is 4.99. The van der Waals surface area contributed by atoms with Gasteiger partial charge in [0.1, 0.15) is 5.76 Å². The lowest BCUT2D eigenvalue weighted by Gasteiger charge is -2.10. The fourth-order valence-electron chi connectivity index (χ4n) is 3.71. The highest BCUT2D eigenvalue weighted by Gasteiger charge is 2.20. The SMILES string of the molecule is Cc1occc1-c1nnc(SCC(=O)c2ccc(NC(=O)c3ccccc3)cc2)n1-c1ccccc1. The van der Waals surface area contributed by atoms with Gasteiger partial charge in [-0.2, -0.15) is 0 Å². The van der Waals surface area contributed by atoms with E-state index in [1.165, 1.54) is 11.8 Å². The van der Waals surface area contributed by atoms with E-state index in [0.717, 1.165) is 17.0 Å². The molecule has 3 aromatic carbocycles. The summed E-state index contributed by atoms with van der Waals surface area (Å²) in [5.41, 5.74) is 3.49. The normalized spacial score (nSPS) is 10.8. The van der Waals surface area contributed by atoms with E-state index in [0.29, 0.717) is 27.8 Å². The Morgan fingerprint density at radius 3 is 2.22 bits per heavy atom. The molecule has 2 heterocycles. The van der Waals surface area contributed by atoms with E-state index in [9.17, 15) is 9.59 Å². The second-order valence-electron chi connectivity index (χ2n) is 7.98. The van der Waals surface area contributed by atoms with Crippen LogP contribution in [0.25, 0.3) is 17.1 Å². The zero-order valence-corrected chi connectivity index (χ0v) is 20.2. The van der Waals surface area contributed by atoms with Crippen molar-refractivity contribution in [2.45, 2.75) is 12.1 Å². The van der Waals surface area contributed by atoms with Gasteiger partial charge in [0.25, 0.3) is 5.91 Å². The molecule has 7 nitrogen and oxygen atoms in total. The van der Waals surface area contributed by atoms with E-state index in [1.54, 1.807) is 42.7 Å². The minimum absolute atomic E-state index is 0.0513. The summed E-state index contributed by atoms with van der Waals surface area (Å²) in [6.45, 7) is 1.88. The van der Waals surface area contributed by atoms with E-state index < -0.39 is 0 Å². The second kappa shape index (κ2) is 10.5. The van der Waals surface area contributed by atoms with Gasteiger partial charge in [0.05, 0.1) is 17.6 Å². The smallest absolute Gasteiger partial charge is 0.255 e. The molecule has 0 aliphatic rings. The third-order valence-electron chi connectivity index (χ3n) is 5.58. The molecule has 0 saturated carbocycles. The van der Waals surface area contributed by atoms with Crippen LogP contribution in [0.2, 0.25) is 0 Å². The molecular weight excluding hydrogens is 472 g/mol. The lowest BCUT2D eigenvalue weighted by Crippen LogP contribution is -2.12. The van der Waals surface area contributed by atoms with Crippen molar-refractivity contribution in [3.63, 3.8) is 0 Å².